The first-order valence-corrected chi connectivity index (χ1v) is 11.2. The van der Waals surface area contributed by atoms with Crippen molar-refractivity contribution in [3.8, 4) is 5.75 Å². The quantitative estimate of drug-likeness (QED) is 0.307. The Kier molecular flexibility index (Phi) is 6.88. The third-order valence-electron chi connectivity index (χ3n) is 6.23. The number of nitrogens with zero attached hydrogens (tertiary/aromatic N) is 1. The van der Waals surface area contributed by atoms with E-state index in [2.05, 4.69) is 4.98 Å². The van der Waals surface area contributed by atoms with Gasteiger partial charge in [0.2, 0.25) is 0 Å². The number of hydrogen-bond donors (Lipinski definition) is 0. The number of fused-ring (bicyclic) bond motifs is 1. The number of ether oxygens (including phenoxy) is 3. The molecule has 2 atom stereocenters. The second-order valence-corrected chi connectivity index (χ2v) is 8.59. The fourth-order valence-electron chi connectivity index (χ4n) is 4.29. The van der Waals surface area contributed by atoms with E-state index < -0.39 is 41.0 Å². The summed E-state index contributed by atoms with van der Waals surface area (Å²) in [6.45, 7) is 1.62. The van der Waals surface area contributed by atoms with E-state index in [1.54, 1.807) is 31.2 Å². The molecule has 0 bridgehead atoms. The summed E-state index contributed by atoms with van der Waals surface area (Å²) in [6, 6.07) is 10.8. The van der Waals surface area contributed by atoms with Crippen LogP contribution in [0.15, 0.2) is 48.5 Å². The molecule has 0 saturated heterocycles. The van der Waals surface area contributed by atoms with Gasteiger partial charge in [0.1, 0.15) is 23.9 Å². The van der Waals surface area contributed by atoms with Crippen molar-refractivity contribution in [1.82, 2.24) is 4.98 Å². The molecule has 4 rings (SSSR count). The third kappa shape index (κ3) is 5.12. The Bertz CT molecular complexity index is 1290. The third-order valence-corrected chi connectivity index (χ3v) is 6.23. The Labute approximate surface area is 204 Å². The predicted molar refractivity (Wildman–Crippen MR) is 120 cm³/mol. The second-order valence-electron chi connectivity index (χ2n) is 8.59. The summed E-state index contributed by atoms with van der Waals surface area (Å²) in [6.07, 6.45) is -4.09. The van der Waals surface area contributed by atoms with Crippen LogP contribution >= 0.6 is 0 Å². The van der Waals surface area contributed by atoms with Crippen molar-refractivity contribution in [2.75, 3.05) is 13.7 Å². The summed E-state index contributed by atoms with van der Waals surface area (Å²) < 4.78 is 69.3. The van der Waals surface area contributed by atoms with Crippen LogP contribution in [0.25, 0.3) is 10.9 Å². The summed E-state index contributed by atoms with van der Waals surface area (Å²) in [5.41, 5.74) is -1.19. The normalized spacial score (nSPS) is 19.1. The smallest absolute Gasteiger partial charge is 0.433 e. The number of pyridine rings is 1. The lowest BCUT2D eigenvalue weighted by Crippen LogP contribution is -2.26. The molecule has 1 aliphatic carbocycles. The molecule has 10 heteroatoms. The van der Waals surface area contributed by atoms with E-state index in [-0.39, 0.29) is 36.1 Å². The van der Waals surface area contributed by atoms with Gasteiger partial charge in [-0.15, -0.1) is 0 Å². The van der Waals surface area contributed by atoms with Crippen LogP contribution in [-0.2, 0) is 38.3 Å². The zero-order chi connectivity index (χ0) is 26.1. The molecule has 0 radical (unpaired) electrons. The van der Waals surface area contributed by atoms with Crippen LogP contribution in [0.1, 0.15) is 30.2 Å². The molecule has 0 N–H and O–H groups in total. The Hall–Kier alpha value is -3.69. The molecule has 0 aliphatic heterocycles. The van der Waals surface area contributed by atoms with Gasteiger partial charge in [0.15, 0.2) is 0 Å². The van der Waals surface area contributed by atoms with Gasteiger partial charge in [0, 0.05) is 10.9 Å². The highest BCUT2D eigenvalue weighted by atomic mass is 19.4. The summed E-state index contributed by atoms with van der Waals surface area (Å²) >= 11 is 0. The van der Waals surface area contributed by atoms with Crippen molar-refractivity contribution in [2.24, 2.45) is 11.3 Å². The highest BCUT2D eigenvalue weighted by Crippen LogP contribution is 2.56. The van der Waals surface area contributed by atoms with Gasteiger partial charge in [-0.3, -0.25) is 9.59 Å². The number of rotatable bonds is 8. The first-order chi connectivity index (χ1) is 17.1. The Morgan fingerprint density at radius 2 is 1.83 bits per heavy atom. The van der Waals surface area contributed by atoms with Gasteiger partial charge >= 0.3 is 18.1 Å². The highest BCUT2D eigenvalue weighted by molar-refractivity contribution is 5.91. The summed E-state index contributed by atoms with van der Waals surface area (Å²) in [5.74, 6) is -1.75. The van der Waals surface area contributed by atoms with Gasteiger partial charge in [-0.1, -0.05) is 12.1 Å². The number of carbonyl (C=O) groups is 2. The lowest BCUT2D eigenvalue weighted by atomic mass is 9.93. The van der Waals surface area contributed by atoms with Crippen LogP contribution in [0.5, 0.6) is 5.75 Å². The maximum atomic E-state index is 13.8. The number of carbonyl (C=O) groups excluding carboxylic acids is 2. The van der Waals surface area contributed by atoms with Crippen molar-refractivity contribution in [3.63, 3.8) is 0 Å². The molecule has 1 aliphatic rings. The topological polar surface area (TPSA) is 74.7 Å². The van der Waals surface area contributed by atoms with Crippen LogP contribution in [0.2, 0.25) is 0 Å². The van der Waals surface area contributed by atoms with Crippen molar-refractivity contribution < 1.29 is 41.4 Å². The first-order valence-electron chi connectivity index (χ1n) is 11.2. The van der Waals surface area contributed by atoms with Gasteiger partial charge in [-0.2, -0.15) is 13.2 Å². The van der Waals surface area contributed by atoms with Gasteiger partial charge in [-0.25, -0.2) is 9.37 Å². The summed E-state index contributed by atoms with van der Waals surface area (Å²) in [5, 5.41) is 0.221. The van der Waals surface area contributed by atoms with E-state index in [0.717, 1.165) is 23.8 Å². The average Bonchev–Trinajstić information content (AvgIpc) is 3.57. The minimum absolute atomic E-state index is 0.00836. The number of aromatic nitrogens is 1. The van der Waals surface area contributed by atoms with Gasteiger partial charge in [0.25, 0.3) is 0 Å². The number of benzene rings is 2. The largest absolute Gasteiger partial charge is 0.489 e. The number of alkyl halides is 3. The molecule has 0 unspecified atom stereocenters. The Balaban J connectivity index is 1.51. The molecule has 2 aromatic carbocycles. The zero-order valence-corrected chi connectivity index (χ0v) is 19.5. The molecule has 0 amide bonds. The van der Waals surface area contributed by atoms with E-state index in [9.17, 15) is 27.2 Å². The molecule has 1 heterocycles. The van der Waals surface area contributed by atoms with Crippen LogP contribution in [0.4, 0.5) is 17.6 Å². The SMILES string of the molecule is CCOC(=O)[C@@]1(Cc2ccc(OCc3cc(C(F)(F)F)nc4ccc(F)cc34)cc2)C[C@@H]1C(=O)OC. The first kappa shape index (κ1) is 25.4. The van der Waals surface area contributed by atoms with Crippen molar-refractivity contribution in [1.29, 1.82) is 0 Å². The molecular formula is C26H23F4NO5. The lowest BCUT2D eigenvalue weighted by molar-refractivity contribution is -0.154. The van der Waals surface area contributed by atoms with E-state index >= 15 is 0 Å². The molecule has 1 aromatic heterocycles. The minimum Gasteiger partial charge on any atom is -0.489 e. The number of hydrogen-bond acceptors (Lipinski definition) is 6. The van der Waals surface area contributed by atoms with Crippen LogP contribution in [0.3, 0.4) is 0 Å². The van der Waals surface area contributed by atoms with E-state index in [4.69, 9.17) is 14.2 Å². The van der Waals surface area contributed by atoms with E-state index in [1.165, 1.54) is 13.2 Å². The van der Waals surface area contributed by atoms with Gasteiger partial charge in [-0.05, 0) is 61.7 Å². The van der Waals surface area contributed by atoms with Crippen LogP contribution in [0, 0.1) is 17.2 Å². The Morgan fingerprint density at radius 3 is 2.47 bits per heavy atom. The molecule has 1 fully saturated rings. The molecular weight excluding hydrogens is 482 g/mol. The Morgan fingerprint density at radius 1 is 1.11 bits per heavy atom. The van der Waals surface area contributed by atoms with E-state index in [0.29, 0.717) is 12.2 Å². The molecule has 190 valence electrons. The maximum absolute atomic E-state index is 13.8. The van der Waals surface area contributed by atoms with Crippen molar-refractivity contribution in [2.45, 2.75) is 32.5 Å². The lowest BCUT2D eigenvalue weighted by Gasteiger charge is -2.16. The van der Waals surface area contributed by atoms with E-state index in [1.807, 2.05) is 0 Å². The number of halogens is 4. The monoisotopic (exact) mass is 505 g/mol. The summed E-state index contributed by atoms with van der Waals surface area (Å²) in [4.78, 5) is 28.2. The molecule has 0 spiro atoms. The van der Waals surface area contributed by atoms with Crippen molar-refractivity contribution in [3.05, 3.63) is 71.2 Å². The van der Waals surface area contributed by atoms with Gasteiger partial charge in [0.05, 0.1) is 30.6 Å². The average molecular weight is 505 g/mol. The molecule has 1 saturated carbocycles. The fourth-order valence-corrected chi connectivity index (χ4v) is 4.29. The molecule has 6 nitrogen and oxygen atoms in total. The molecule has 36 heavy (non-hydrogen) atoms. The summed E-state index contributed by atoms with van der Waals surface area (Å²) in [7, 11) is 1.26. The number of methoxy groups -OCH3 is 1. The minimum atomic E-state index is -4.67. The second kappa shape index (κ2) is 9.75. The van der Waals surface area contributed by atoms with Crippen molar-refractivity contribution >= 4 is 22.8 Å². The van der Waals surface area contributed by atoms with Crippen LogP contribution in [-0.4, -0.2) is 30.6 Å². The highest BCUT2D eigenvalue weighted by Gasteiger charge is 2.65. The van der Waals surface area contributed by atoms with Gasteiger partial charge < -0.3 is 14.2 Å². The number of esters is 2. The van der Waals surface area contributed by atoms with Crippen LogP contribution < -0.4 is 4.74 Å². The fraction of sp³-hybridized carbons (Fsp3) is 0.346. The maximum Gasteiger partial charge on any atom is 0.433 e. The standard InChI is InChI=1S/C26H23F4NO5/c1-3-35-24(33)25(13-20(25)23(32)34-2)12-15-4-7-18(8-5-15)36-14-16-10-22(26(28,29)30)31-21-9-6-17(27)11-19(16)21/h4-11,20H,3,12-14H2,1-2H3/t20-,25+/m1/s1. The molecule has 3 aromatic rings. The predicted octanol–water partition coefficient (Wildman–Crippen LogP) is 5.26. The zero-order valence-electron chi connectivity index (χ0n) is 19.5.